The molecule has 0 aliphatic heterocycles. The monoisotopic (exact) mass is 254 g/mol. The van der Waals surface area contributed by atoms with E-state index in [1.807, 2.05) is 0 Å². The Morgan fingerprint density at radius 2 is 1.56 bits per heavy atom. The number of halogens is 4. The molecule has 0 unspecified atom stereocenters. The molecule has 0 atom stereocenters. The van der Waals surface area contributed by atoms with Gasteiger partial charge >= 0.3 is 6.18 Å². The van der Waals surface area contributed by atoms with Gasteiger partial charge in [0.2, 0.25) is 0 Å². The Labute approximate surface area is 102 Å². The van der Waals surface area contributed by atoms with Gasteiger partial charge in [0.15, 0.2) is 0 Å². The van der Waals surface area contributed by atoms with Crippen LogP contribution in [0.15, 0.2) is 42.5 Å². The van der Waals surface area contributed by atoms with Crippen molar-refractivity contribution >= 4 is 0 Å². The first-order valence-corrected chi connectivity index (χ1v) is 5.33. The molecule has 2 rings (SSSR count). The van der Waals surface area contributed by atoms with Crippen LogP contribution in [0.4, 0.5) is 17.6 Å². The van der Waals surface area contributed by atoms with Crippen LogP contribution in [0, 0.1) is 12.7 Å². The van der Waals surface area contributed by atoms with Gasteiger partial charge in [-0.25, -0.2) is 4.39 Å². The van der Waals surface area contributed by atoms with E-state index in [-0.39, 0.29) is 11.1 Å². The average molecular weight is 254 g/mol. The van der Waals surface area contributed by atoms with Gasteiger partial charge in [0.25, 0.3) is 0 Å². The van der Waals surface area contributed by atoms with Crippen LogP contribution in [-0.2, 0) is 6.18 Å². The minimum Gasteiger partial charge on any atom is -0.206 e. The number of rotatable bonds is 1. The average Bonchev–Trinajstić information content (AvgIpc) is 2.29. The summed E-state index contributed by atoms with van der Waals surface area (Å²) in [5, 5.41) is 0. The zero-order valence-corrected chi connectivity index (χ0v) is 9.55. The second-order valence-corrected chi connectivity index (χ2v) is 3.98. The summed E-state index contributed by atoms with van der Waals surface area (Å²) in [5.74, 6) is -0.655. The third-order valence-electron chi connectivity index (χ3n) is 2.72. The van der Waals surface area contributed by atoms with E-state index >= 15 is 0 Å². The summed E-state index contributed by atoms with van der Waals surface area (Å²) in [5.41, 5.74) is -0.534. The Kier molecular flexibility index (Phi) is 3.11. The molecule has 0 aliphatic rings. The van der Waals surface area contributed by atoms with E-state index in [9.17, 15) is 17.6 Å². The Bertz CT molecular complexity index is 570. The molecule has 0 saturated carbocycles. The molecule has 0 bridgehead atoms. The Morgan fingerprint density at radius 1 is 0.889 bits per heavy atom. The Morgan fingerprint density at radius 3 is 2.17 bits per heavy atom. The molecular formula is C14H10F4. The van der Waals surface area contributed by atoms with E-state index in [1.165, 1.54) is 37.3 Å². The molecule has 0 aromatic heterocycles. The number of hydrogen-bond donors (Lipinski definition) is 0. The van der Waals surface area contributed by atoms with Crippen molar-refractivity contribution in [2.75, 3.05) is 0 Å². The molecule has 0 fully saturated rings. The maximum absolute atomic E-state index is 13.7. The second-order valence-electron chi connectivity index (χ2n) is 3.98. The first kappa shape index (κ1) is 12.6. The highest BCUT2D eigenvalue weighted by atomic mass is 19.4. The lowest BCUT2D eigenvalue weighted by atomic mass is 9.94. The van der Waals surface area contributed by atoms with Crippen molar-refractivity contribution in [1.29, 1.82) is 0 Å². The molecule has 0 radical (unpaired) electrons. The lowest BCUT2D eigenvalue weighted by Gasteiger charge is -2.15. The van der Waals surface area contributed by atoms with Crippen LogP contribution in [0.3, 0.4) is 0 Å². The lowest BCUT2D eigenvalue weighted by Crippen LogP contribution is -2.08. The summed E-state index contributed by atoms with van der Waals surface area (Å²) < 4.78 is 52.4. The molecule has 94 valence electrons. The predicted octanol–water partition coefficient (Wildman–Crippen LogP) is 4.82. The number of benzene rings is 2. The van der Waals surface area contributed by atoms with Crippen LogP contribution in [0.1, 0.15) is 11.1 Å². The van der Waals surface area contributed by atoms with Crippen molar-refractivity contribution in [1.82, 2.24) is 0 Å². The molecule has 0 nitrogen and oxygen atoms in total. The highest BCUT2D eigenvalue weighted by Crippen LogP contribution is 2.39. The number of alkyl halides is 3. The fourth-order valence-corrected chi connectivity index (χ4v) is 1.93. The van der Waals surface area contributed by atoms with Crippen molar-refractivity contribution in [2.24, 2.45) is 0 Å². The molecular weight excluding hydrogens is 244 g/mol. The molecule has 0 heterocycles. The molecule has 0 saturated heterocycles. The van der Waals surface area contributed by atoms with Crippen LogP contribution < -0.4 is 0 Å². The largest absolute Gasteiger partial charge is 0.417 e. The first-order chi connectivity index (χ1) is 8.41. The van der Waals surface area contributed by atoms with E-state index in [1.54, 1.807) is 0 Å². The fourth-order valence-electron chi connectivity index (χ4n) is 1.93. The van der Waals surface area contributed by atoms with Crippen LogP contribution >= 0.6 is 0 Å². The van der Waals surface area contributed by atoms with Gasteiger partial charge in [0.05, 0.1) is 5.56 Å². The zero-order valence-electron chi connectivity index (χ0n) is 9.55. The molecule has 0 amide bonds. The fraction of sp³-hybridized carbons (Fsp3) is 0.143. The number of aryl methyl sites for hydroxylation is 1. The van der Waals surface area contributed by atoms with Gasteiger partial charge in [-0.1, -0.05) is 30.3 Å². The standard InChI is InChI=1S/C14H10F4/c1-9-5-4-7-11(14(16,17)18)13(9)10-6-2-3-8-12(10)15/h2-8H,1H3. The molecule has 4 heteroatoms. The van der Waals surface area contributed by atoms with Crippen molar-refractivity contribution in [3.8, 4) is 11.1 Å². The SMILES string of the molecule is Cc1cccc(C(F)(F)F)c1-c1ccccc1F. The maximum atomic E-state index is 13.7. The molecule has 0 aliphatic carbocycles. The summed E-state index contributed by atoms with van der Waals surface area (Å²) in [6.45, 7) is 1.54. The predicted molar refractivity (Wildman–Crippen MR) is 61.6 cm³/mol. The van der Waals surface area contributed by atoms with Crippen molar-refractivity contribution < 1.29 is 17.6 Å². The lowest BCUT2D eigenvalue weighted by molar-refractivity contribution is -0.137. The third kappa shape index (κ3) is 2.23. The Balaban J connectivity index is 2.75. The Hall–Kier alpha value is -1.84. The molecule has 18 heavy (non-hydrogen) atoms. The van der Waals surface area contributed by atoms with Gasteiger partial charge in [-0.15, -0.1) is 0 Å². The van der Waals surface area contributed by atoms with Gasteiger partial charge in [-0.05, 0) is 30.2 Å². The summed E-state index contributed by atoms with van der Waals surface area (Å²) in [4.78, 5) is 0. The summed E-state index contributed by atoms with van der Waals surface area (Å²) in [6.07, 6.45) is -4.50. The van der Waals surface area contributed by atoms with Crippen LogP contribution in [0.2, 0.25) is 0 Å². The molecule has 0 N–H and O–H groups in total. The first-order valence-electron chi connectivity index (χ1n) is 5.33. The summed E-state index contributed by atoms with van der Waals surface area (Å²) in [6, 6.07) is 9.30. The van der Waals surface area contributed by atoms with Crippen molar-refractivity contribution in [2.45, 2.75) is 13.1 Å². The normalized spacial score (nSPS) is 11.6. The zero-order chi connectivity index (χ0) is 13.3. The van der Waals surface area contributed by atoms with Gasteiger partial charge in [0, 0.05) is 5.56 Å². The van der Waals surface area contributed by atoms with Crippen LogP contribution in [0.5, 0.6) is 0 Å². The smallest absolute Gasteiger partial charge is 0.206 e. The van der Waals surface area contributed by atoms with Crippen molar-refractivity contribution in [3.05, 3.63) is 59.4 Å². The van der Waals surface area contributed by atoms with Gasteiger partial charge in [-0.2, -0.15) is 13.2 Å². The molecule has 2 aromatic rings. The third-order valence-corrected chi connectivity index (χ3v) is 2.72. The minimum absolute atomic E-state index is 0.0251. The quantitative estimate of drug-likeness (QED) is 0.640. The highest BCUT2D eigenvalue weighted by Gasteiger charge is 2.34. The van der Waals surface area contributed by atoms with Gasteiger partial charge < -0.3 is 0 Å². The molecule has 2 aromatic carbocycles. The van der Waals surface area contributed by atoms with E-state index < -0.39 is 17.6 Å². The highest BCUT2D eigenvalue weighted by molar-refractivity contribution is 5.72. The van der Waals surface area contributed by atoms with E-state index in [4.69, 9.17) is 0 Å². The van der Waals surface area contributed by atoms with Gasteiger partial charge in [0.1, 0.15) is 5.82 Å². The summed E-state index contributed by atoms with van der Waals surface area (Å²) in [7, 11) is 0. The summed E-state index contributed by atoms with van der Waals surface area (Å²) >= 11 is 0. The van der Waals surface area contributed by atoms with Crippen LogP contribution in [-0.4, -0.2) is 0 Å². The maximum Gasteiger partial charge on any atom is 0.417 e. The van der Waals surface area contributed by atoms with Crippen molar-refractivity contribution in [3.63, 3.8) is 0 Å². The molecule has 0 spiro atoms. The van der Waals surface area contributed by atoms with Crippen LogP contribution in [0.25, 0.3) is 11.1 Å². The number of hydrogen-bond acceptors (Lipinski definition) is 0. The minimum atomic E-state index is -4.50. The topological polar surface area (TPSA) is 0 Å². The second kappa shape index (κ2) is 4.44. The van der Waals surface area contributed by atoms with E-state index in [0.717, 1.165) is 12.1 Å². The van der Waals surface area contributed by atoms with Gasteiger partial charge in [-0.3, -0.25) is 0 Å². The van der Waals surface area contributed by atoms with E-state index in [0.29, 0.717) is 5.56 Å². The van der Waals surface area contributed by atoms with E-state index in [2.05, 4.69) is 0 Å².